The number of rotatable bonds is 3. The van der Waals surface area contributed by atoms with Crippen LogP contribution in [-0.2, 0) is 0 Å². The third-order valence-electron chi connectivity index (χ3n) is 1.72. The summed E-state index contributed by atoms with van der Waals surface area (Å²) in [6.45, 7) is 3.64. The minimum atomic E-state index is 0.0415. The summed E-state index contributed by atoms with van der Waals surface area (Å²) < 4.78 is 0. The molecule has 0 aliphatic rings. The van der Waals surface area contributed by atoms with Crippen LogP contribution in [0, 0.1) is 0 Å². The van der Waals surface area contributed by atoms with Crippen LogP contribution < -0.4 is 5.73 Å². The van der Waals surface area contributed by atoms with Crippen LogP contribution in [0.15, 0.2) is 36.9 Å². The molecule has 0 saturated carbocycles. The summed E-state index contributed by atoms with van der Waals surface area (Å²) in [5, 5.41) is 0.740. The van der Waals surface area contributed by atoms with Crippen molar-refractivity contribution in [2.45, 2.75) is 12.5 Å². The molecule has 0 aromatic heterocycles. The third kappa shape index (κ3) is 2.36. The highest BCUT2D eigenvalue weighted by Crippen LogP contribution is 2.16. The molecule has 2 heteroatoms. The van der Waals surface area contributed by atoms with E-state index >= 15 is 0 Å². The van der Waals surface area contributed by atoms with Gasteiger partial charge in [-0.15, -0.1) is 6.58 Å². The van der Waals surface area contributed by atoms with E-state index in [0.717, 1.165) is 17.0 Å². The van der Waals surface area contributed by atoms with Gasteiger partial charge in [0.15, 0.2) is 0 Å². The third-order valence-corrected chi connectivity index (χ3v) is 1.97. The molecule has 1 atom stereocenters. The summed E-state index contributed by atoms with van der Waals surface area (Å²) in [5.41, 5.74) is 6.94. The molecule has 0 aliphatic heterocycles. The van der Waals surface area contributed by atoms with Gasteiger partial charge in [0, 0.05) is 11.1 Å². The Morgan fingerprint density at radius 2 is 2.00 bits per heavy atom. The molecule has 0 saturated heterocycles. The Bertz CT molecular complexity index is 253. The van der Waals surface area contributed by atoms with Crippen molar-refractivity contribution in [1.29, 1.82) is 0 Å². The molecule has 64 valence electrons. The number of hydrogen-bond acceptors (Lipinski definition) is 1. The van der Waals surface area contributed by atoms with Crippen LogP contribution in [0.5, 0.6) is 0 Å². The Morgan fingerprint density at radius 3 is 2.50 bits per heavy atom. The molecule has 1 aromatic carbocycles. The Morgan fingerprint density at radius 1 is 1.42 bits per heavy atom. The SMILES string of the molecule is C=CC[C@H](N)c1ccc(Cl)cc1. The smallest absolute Gasteiger partial charge is 0.0406 e. The maximum atomic E-state index is 5.84. The van der Waals surface area contributed by atoms with Gasteiger partial charge in [-0.1, -0.05) is 29.8 Å². The van der Waals surface area contributed by atoms with E-state index in [9.17, 15) is 0 Å². The summed E-state index contributed by atoms with van der Waals surface area (Å²) in [5.74, 6) is 0. The predicted molar refractivity (Wildman–Crippen MR) is 53.2 cm³/mol. The number of benzene rings is 1. The normalized spacial score (nSPS) is 12.5. The van der Waals surface area contributed by atoms with Crippen molar-refractivity contribution >= 4 is 11.6 Å². The van der Waals surface area contributed by atoms with Gasteiger partial charge < -0.3 is 5.73 Å². The molecule has 12 heavy (non-hydrogen) atoms. The summed E-state index contributed by atoms with van der Waals surface area (Å²) >= 11 is 5.73. The van der Waals surface area contributed by atoms with Crippen molar-refractivity contribution in [2.24, 2.45) is 5.73 Å². The van der Waals surface area contributed by atoms with E-state index in [1.165, 1.54) is 0 Å². The first-order chi connectivity index (χ1) is 5.74. The van der Waals surface area contributed by atoms with Crippen LogP contribution in [0.2, 0.25) is 5.02 Å². The van der Waals surface area contributed by atoms with Gasteiger partial charge in [0.25, 0.3) is 0 Å². The molecular formula is C10H12ClN. The van der Waals surface area contributed by atoms with Crippen molar-refractivity contribution < 1.29 is 0 Å². The highest BCUT2D eigenvalue weighted by molar-refractivity contribution is 6.30. The fourth-order valence-electron chi connectivity index (χ4n) is 1.03. The lowest BCUT2D eigenvalue weighted by Crippen LogP contribution is -2.08. The van der Waals surface area contributed by atoms with Gasteiger partial charge in [0.05, 0.1) is 0 Å². The zero-order valence-corrected chi connectivity index (χ0v) is 7.59. The standard InChI is InChI=1S/C10H12ClN/c1-2-3-10(12)8-4-6-9(11)7-5-8/h2,4-7,10H,1,3,12H2/t10-/m0/s1. The second-order valence-corrected chi connectivity index (χ2v) is 3.12. The summed E-state index contributed by atoms with van der Waals surface area (Å²) in [7, 11) is 0. The second-order valence-electron chi connectivity index (χ2n) is 2.68. The van der Waals surface area contributed by atoms with E-state index in [1.807, 2.05) is 30.3 Å². The minimum absolute atomic E-state index is 0.0415. The highest BCUT2D eigenvalue weighted by atomic mass is 35.5. The molecular weight excluding hydrogens is 170 g/mol. The fourth-order valence-corrected chi connectivity index (χ4v) is 1.15. The number of hydrogen-bond donors (Lipinski definition) is 1. The summed E-state index contributed by atoms with van der Waals surface area (Å²) in [6, 6.07) is 7.62. The lowest BCUT2D eigenvalue weighted by Gasteiger charge is -2.08. The molecule has 1 aromatic rings. The maximum Gasteiger partial charge on any atom is 0.0406 e. The van der Waals surface area contributed by atoms with E-state index in [-0.39, 0.29) is 6.04 Å². The van der Waals surface area contributed by atoms with E-state index in [2.05, 4.69) is 6.58 Å². The van der Waals surface area contributed by atoms with Gasteiger partial charge >= 0.3 is 0 Å². The fraction of sp³-hybridized carbons (Fsp3) is 0.200. The average Bonchev–Trinajstić information content (AvgIpc) is 2.06. The molecule has 0 amide bonds. The molecule has 1 nitrogen and oxygen atoms in total. The van der Waals surface area contributed by atoms with E-state index in [1.54, 1.807) is 0 Å². The van der Waals surface area contributed by atoms with E-state index < -0.39 is 0 Å². The van der Waals surface area contributed by atoms with Crippen LogP contribution in [0.3, 0.4) is 0 Å². The first kappa shape index (κ1) is 9.30. The van der Waals surface area contributed by atoms with Crippen LogP contribution >= 0.6 is 11.6 Å². The Hall–Kier alpha value is -0.790. The molecule has 0 aliphatic carbocycles. The van der Waals surface area contributed by atoms with Gasteiger partial charge in [-0.2, -0.15) is 0 Å². The topological polar surface area (TPSA) is 26.0 Å². The summed E-state index contributed by atoms with van der Waals surface area (Å²) in [4.78, 5) is 0. The van der Waals surface area contributed by atoms with Gasteiger partial charge in [0.1, 0.15) is 0 Å². The van der Waals surface area contributed by atoms with Crippen LogP contribution in [0.25, 0.3) is 0 Å². The van der Waals surface area contributed by atoms with Crippen LogP contribution in [0.4, 0.5) is 0 Å². The first-order valence-corrected chi connectivity index (χ1v) is 4.24. The van der Waals surface area contributed by atoms with Crippen LogP contribution in [0.1, 0.15) is 18.0 Å². The van der Waals surface area contributed by atoms with Crippen molar-refractivity contribution in [3.63, 3.8) is 0 Å². The lowest BCUT2D eigenvalue weighted by atomic mass is 10.1. The molecule has 1 rings (SSSR count). The first-order valence-electron chi connectivity index (χ1n) is 3.86. The highest BCUT2D eigenvalue weighted by Gasteiger charge is 2.01. The average molecular weight is 182 g/mol. The molecule has 2 N–H and O–H groups in total. The van der Waals surface area contributed by atoms with Crippen molar-refractivity contribution in [3.8, 4) is 0 Å². The summed E-state index contributed by atoms with van der Waals surface area (Å²) in [6.07, 6.45) is 2.61. The van der Waals surface area contributed by atoms with Crippen molar-refractivity contribution in [1.82, 2.24) is 0 Å². The van der Waals surface area contributed by atoms with Gasteiger partial charge in [-0.05, 0) is 24.1 Å². The monoisotopic (exact) mass is 181 g/mol. The largest absolute Gasteiger partial charge is 0.324 e. The lowest BCUT2D eigenvalue weighted by molar-refractivity contribution is 0.742. The van der Waals surface area contributed by atoms with Gasteiger partial charge in [0.2, 0.25) is 0 Å². The van der Waals surface area contributed by atoms with Crippen molar-refractivity contribution in [3.05, 3.63) is 47.5 Å². The maximum absolute atomic E-state index is 5.84. The molecule has 0 radical (unpaired) electrons. The molecule has 0 spiro atoms. The quantitative estimate of drug-likeness (QED) is 0.713. The van der Waals surface area contributed by atoms with Gasteiger partial charge in [-0.25, -0.2) is 0 Å². The molecule has 0 fully saturated rings. The Balaban J connectivity index is 2.74. The Labute approximate surface area is 77.8 Å². The van der Waals surface area contributed by atoms with E-state index in [4.69, 9.17) is 17.3 Å². The second kappa shape index (κ2) is 4.29. The zero-order chi connectivity index (χ0) is 8.97. The number of halogens is 1. The number of nitrogens with two attached hydrogens (primary N) is 1. The predicted octanol–water partition coefficient (Wildman–Crippen LogP) is 2.92. The van der Waals surface area contributed by atoms with Crippen LogP contribution in [-0.4, -0.2) is 0 Å². The van der Waals surface area contributed by atoms with E-state index in [0.29, 0.717) is 0 Å². The van der Waals surface area contributed by atoms with Crippen molar-refractivity contribution in [2.75, 3.05) is 0 Å². The van der Waals surface area contributed by atoms with Gasteiger partial charge in [-0.3, -0.25) is 0 Å². The molecule has 0 unspecified atom stereocenters. The Kier molecular flexibility index (Phi) is 3.32. The molecule has 0 heterocycles. The molecule has 0 bridgehead atoms. The minimum Gasteiger partial charge on any atom is -0.324 e. The zero-order valence-electron chi connectivity index (χ0n) is 6.83.